The normalized spacial score (nSPS) is 11.2. The highest BCUT2D eigenvalue weighted by Crippen LogP contribution is 2.34. The van der Waals surface area contributed by atoms with Gasteiger partial charge in [-0.15, -0.1) is 0 Å². The number of carbonyl (C=O) groups is 1. The van der Waals surface area contributed by atoms with Gasteiger partial charge in [-0.05, 0) is 25.1 Å². The quantitative estimate of drug-likeness (QED) is 0.520. The van der Waals surface area contributed by atoms with Crippen molar-refractivity contribution in [3.05, 3.63) is 53.8 Å². The Morgan fingerprint density at radius 2 is 2.15 bits per heavy atom. The lowest BCUT2D eigenvalue weighted by molar-refractivity contribution is -0.140. The molecule has 6 nitrogen and oxygen atoms in total. The van der Waals surface area contributed by atoms with Crippen LogP contribution >= 0.6 is 11.6 Å². The maximum atomic E-state index is 11.8. The number of halogens is 1. The van der Waals surface area contributed by atoms with Crippen LogP contribution in [0.25, 0.3) is 27.8 Å². The molecule has 0 bridgehead atoms. The molecule has 0 fully saturated rings. The summed E-state index contributed by atoms with van der Waals surface area (Å²) in [4.78, 5) is 19.8. The number of aromatic amines is 1. The van der Waals surface area contributed by atoms with Gasteiger partial charge in [-0.3, -0.25) is 9.20 Å². The Morgan fingerprint density at radius 3 is 3.00 bits per heavy atom. The second-order valence-corrected chi connectivity index (χ2v) is 6.23. The van der Waals surface area contributed by atoms with Crippen LogP contribution < -0.4 is 5.32 Å². The summed E-state index contributed by atoms with van der Waals surface area (Å²) in [6, 6.07) is 11.6. The van der Waals surface area contributed by atoms with E-state index < -0.39 is 0 Å². The molecule has 0 atom stereocenters. The van der Waals surface area contributed by atoms with Crippen LogP contribution in [0.15, 0.2) is 48.8 Å². The summed E-state index contributed by atoms with van der Waals surface area (Å²) in [6.07, 6.45) is 3.69. The van der Waals surface area contributed by atoms with E-state index in [2.05, 4.69) is 10.3 Å². The molecule has 3 heterocycles. The van der Waals surface area contributed by atoms with Gasteiger partial charge in [0.05, 0.1) is 11.6 Å². The van der Waals surface area contributed by atoms with Crippen LogP contribution in [-0.4, -0.2) is 33.5 Å². The average Bonchev–Trinajstić information content (AvgIpc) is 3.21. The number of imidazole rings is 1. The number of ether oxygens (including phenoxy) is 1. The number of nitrogens with zero attached hydrogens (tertiary/aromatic N) is 2. The summed E-state index contributed by atoms with van der Waals surface area (Å²) < 4.78 is 6.86. The Bertz CT molecular complexity index is 1100. The van der Waals surface area contributed by atoms with E-state index in [1.54, 1.807) is 19.2 Å². The summed E-state index contributed by atoms with van der Waals surface area (Å²) in [5.41, 5.74) is 3.45. The van der Waals surface area contributed by atoms with Crippen molar-refractivity contribution in [1.82, 2.24) is 14.4 Å². The van der Waals surface area contributed by atoms with Crippen LogP contribution in [0, 0.1) is 0 Å². The van der Waals surface area contributed by atoms with Crippen LogP contribution in [-0.2, 0) is 9.53 Å². The van der Waals surface area contributed by atoms with E-state index in [9.17, 15) is 4.79 Å². The largest absolute Gasteiger partial charge is 0.465 e. The molecule has 0 unspecified atom stereocenters. The third kappa shape index (κ3) is 2.88. The molecule has 132 valence electrons. The van der Waals surface area contributed by atoms with Crippen molar-refractivity contribution in [2.24, 2.45) is 0 Å². The average molecular weight is 369 g/mol. The molecule has 0 aliphatic carbocycles. The van der Waals surface area contributed by atoms with E-state index in [0.717, 1.165) is 27.8 Å². The monoisotopic (exact) mass is 368 g/mol. The highest BCUT2D eigenvalue weighted by Gasteiger charge is 2.18. The van der Waals surface area contributed by atoms with Crippen LogP contribution in [0.5, 0.6) is 0 Å². The molecule has 0 aliphatic rings. The van der Waals surface area contributed by atoms with Crippen molar-refractivity contribution < 1.29 is 9.53 Å². The Balaban J connectivity index is 1.85. The SMILES string of the molecule is CCOC(=O)CNc1c(-c2c[nH]c3ccccc23)nc2ccc(Cl)cn12. The standard InChI is InChI=1S/C19H17ClN4O2/c1-2-26-17(25)10-22-19-18(23-16-8-7-12(20)11-24(16)19)14-9-21-15-6-4-3-5-13(14)15/h3-9,11,21-22H,2,10H2,1H3. The molecular weight excluding hydrogens is 352 g/mol. The van der Waals surface area contributed by atoms with Gasteiger partial charge in [-0.1, -0.05) is 29.8 Å². The highest BCUT2D eigenvalue weighted by atomic mass is 35.5. The van der Waals surface area contributed by atoms with E-state index in [0.29, 0.717) is 17.4 Å². The number of hydrogen-bond donors (Lipinski definition) is 2. The van der Waals surface area contributed by atoms with Gasteiger partial charge in [-0.2, -0.15) is 0 Å². The smallest absolute Gasteiger partial charge is 0.325 e. The molecule has 3 aromatic heterocycles. The van der Waals surface area contributed by atoms with Crippen LogP contribution in [0.4, 0.5) is 5.82 Å². The number of nitrogens with one attached hydrogen (secondary N) is 2. The number of anilines is 1. The number of fused-ring (bicyclic) bond motifs is 2. The fourth-order valence-electron chi connectivity index (χ4n) is 3.01. The number of esters is 1. The minimum absolute atomic E-state index is 0.0451. The molecule has 4 aromatic rings. The zero-order valence-corrected chi connectivity index (χ0v) is 14.9. The summed E-state index contributed by atoms with van der Waals surface area (Å²) in [5, 5.41) is 4.79. The Labute approximate surface area is 154 Å². The molecule has 0 spiro atoms. The first-order valence-electron chi connectivity index (χ1n) is 8.31. The predicted octanol–water partition coefficient (Wildman–Crippen LogP) is 4.11. The van der Waals surface area contributed by atoms with Gasteiger partial charge in [0.2, 0.25) is 0 Å². The van der Waals surface area contributed by atoms with Crippen molar-refractivity contribution in [1.29, 1.82) is 0 Å². The zero-order valence-electron chi connectivity index (χ0n) is 14.1. The minimum atomic E-state index is -0.325. The second-order valence-electron chi connectivity index (χ2n) is 5.79. The highest BCUT2D eigenvalue weighted by molar-refractivity contribution is 6.30. The number of H-pyrrole nitrogens is 1. The maximum Gasteiger partial charge on any atom is 0.325 e. The predicted molar refractivity (Wildman–Crippen MR) is 103 cm³/mol. The van der Waals surface area contributed by atoms with E-state index in [4.69, 9.17) is 21.3 Å². The number of para-hydroxylation sites is 1. The Morgan fingerprint density at radius 1 is 1.31 bits per heavy atom. The van der Waals surface area contributed by atoms with E-state index >= 15 is 0 Å². The first-order valence-corrected chi connectivity index (χ1v) is 8.68. The van der Waals surface area contributed by atoms with Crippen LogP contribution in [0.1, 0.15) is 6.92 Å². The third-order valence-corrected chi connectivity index (χ3v) is 4.36. The number of carbonyl (C=O) groups excluding carboxylic acids is 1. The Kier molecular flexibility index (Phi) is 4.26. The summed E-state index contributed by atoms with van der Waals surface area (Å²) in [5.74, 6) is 0.370. The molecule has 0 saturated carbocycles. The number of hydrogen-bond acceptors (Lipinski definition) is 4. The number of rotatable bonds is 5. The first-order chi connectivity index (χ1) is 12.7. The van der Waals surface area contributed by atoms with Gasteiger partial charge in [0, 0.05) is 28.9 Å². The van der Waals surface area contributed by atoms with Gasteiger partial charge >= 0.3 is 5.97 Å². The van der Waals surface area contributed by atoms with Gasteiger partial charge in [0.25, 0.3) is 0 Å². The van der Waals surface area contributed by atoms with Crippen LogP contribution in [0.3, 0.4) is 0 Å². The summed E-state index contributed by atoms with van der Waals surface area (Å²) in [7, 11) is 0. The van der Waals surface area contributed by atoms with Crippen molar-refractivity contribution in [2.75, 3.05) is 18.5 Å². The molecule has 0 aliphatic heterocycles. The van der Waals surface area contributed by atoms with Crippen molar-refractivity contribution >= 4 is 39.9 Å². The molecular formula is C19H17ClN4O2. The number of aromatic nitrogens is 3. The fourth-order valence-corrected chi connectivity index (χ4v) is 3.17. The number of benzene rings is 1. The molecule has 1 aromatic carbocycles. The fraction of sp³-hybridized carbons (Fsp3) is 0.158. The van der Waals surface area contributed by atoms with E-state index in [-0.39, 0.29) is 12.5 Å². The van der Waals surface area contributed by atoms with Gasteiger partial charge in [-0.25, -0.2) is 4.98 Å². The van der Waals surface area contributed by atoms with Gasteiger partial charge in [0.1, 0.15) is 23.7 Å². The number of pyridine rings is 1. The maximum absolute atomic E-state index is 11.8. The van der Waals surface area contributed by atoms with Crippen molar-refractivity contribution in [2.45, 2.75) is 6.92 Å². The lowest BCUT2D eigenvalue weighted by atomic mass is 10.1. The molecule has 4 rings (SSSR count). The third-order valence-electron chi connectivity index (χ3n) is 4.13. The first kappa shape index (κ1) is 16.5. The van der Waals surface area contributed by atoms with Crippen LogP contribution in [0.2, 0.25) is 5.02 Å². The summed E-state index contributed by atoms with van der Waals surface area (Å²) >= 11 is 6.16. The lowest BCUT2D eigenvalue weighted by Crippen LogP contribution is -2.17. The minimum Gasteiger partial charge on any atom is -0.465 e. The molecule has 0 amide bonds. The van der Waals surface area contributed by atoms with Crippen molar-refractivity contribution in [3.63, 3.8) is 0 Å². The van der Waals surface area contributed by atoms with Gasteiger partial charge in [0.15, 0.2) is 0 Å². The van der Waals surface area contributed by atoms with Crippen molar-refractivity contribution in [3.8, 4) is 11.3 Å². The molecule has 2 N–H and O–H groups in total. The lowest BCUT2D eigenvalue weighted by Gasteiger charge is -2.08. The molecule has 0 saturated heterocycles. The van der Waals surface area contributed by atoms with Gasteiger partial charge < -0.3 is 15.0 Å². The molecule has 26 heavy (non-hydrogen) atoms. The van der Waals surface area contributed by atoms with E-state index in [1.807, 2.05) is 40.9 Å². The van der Waals surface area contributed by atoms with E-state index in [1.165, 1.54) is 0 Å². The molecule has 7 heteroatoms. The topological polar surface area (TPSA) is 71.4 Å². The zero-order chi connectivity index (χ0) is 18.1. The second kappa shape index (κ2) is 6.72. The molecule has 0 radical (unpaired) electrons. The Hall–Kier alpha value is -2.99. The summed E-state index contributed by atoms with van der Waals surface area (Å²) in [6.45, 7) is 2.17.